The quantitative estimate of drug-likeness (QED) is 0.145. The smallest absolute Gasteiger partial charge is 0.409 e. The Balaban J connectivity index is 1.97. The van der Waals surface area contributed by atoms with Crippen LogP contribution in [0.1, 0.15) is 11.1 Å². The molecule has 3 atom stereocenters. The van der Waals surface area contributed by atoms with E-state index in [1.165, 1.54) is 13.2 Å². The molecule has 0 spiro atoms. The van der Waals surface area contributed by atoms with Crippen LogP contribution in [0.5, 0.6) is 11.5 Å². The standard InChI is InChI=1S/C18H20N4O6/c1-4-10(23)22-9-5-21-13-11(15(25)12(19)7(2)14(13)24)8(6-28-17(20)26)18(21,27-3)16(9)22/h4,6,9,16,24-25H,1,5,19H2,2-3H3,(H2,20,26)/t9-,16-,18+,22?/m0/s1. The molecule has 28 heavy (non-hydrogen) atoms. The van der Waals surface area contributed by atoms with E-state index in [9.17, 15) is 19.8 Å². The normalized spacial score (nSPS) is 28.0. The Kier molecular flexibility index (Phi) is 3.57. The van der Waals surface area contributed by atoms with Gasteiger partial charge in [-0.25, -0.2) is 4.79 Å². The number of piperazine rings is 1. The first-order valence-electron chi connectivity index (χ1n) is 8.50. The number of ether oxygens (including phenoxy) is 2. The highest BCUT2D eigenvalue weighted by Gasteiger charge is 2.75. The number of anilines is 2. The molecule has 6 N–H and O–H groups in total. The molecule has 0 aromatic heterocycles. The van der Waals surface area contributed by atoms with E-state index in [-0.39, 0.29) is 40.3 Å². The van der Waals surface area contributed by atoms with E-state index in [2.05, 4.69) is 6.58 Å². The third-order valence-corrected chi connectivity index (χ3v) is 5.77. The lowest BCUT2D eigenvalue weighted by molar-refractivity contribution is -0.123. The van der Waals surface area contributed by atoms with E-state index in [1.807, 2.05) is 0 Å². The number of hydrogen-bond acceptors (Lipinski definition) is 8. The second-order valence-electron chi connectivity index (χ2n) is 6.90. The monoisotopic (exact) mass is 388 g/mol. The van der Waals surface area contributed by atoms with Gasteiger partial charge in [-0.1, -0.05) is 6.58 Å². The first-order valence-corrected chi connectivity index (χ1v) is 8.50. The number of nitrogens with two attached hydrogens (primary N) is 2. The molecule has 3 aliphatic rings. The number of nitrogens with zero attached hydrogens (tertiary/aromatic N) is 2. The maximum absolute atomic E-state index is 12.2. The molecule has 2 amide bonds. The van der Waals surface area contributed by atoms with Crippen molar-refractivity contribution in [2.75, 3.05) is 24.3 Å². The molecular weight excluding hydrogens is 368 g/mol. The lowest BCUT2D eigenvalue weighted by Gasteiger charge is -2.37. The Morgan fingerprint density at radius 2 is 2.04 bits per heavy atom. The van der Waals surface area contributed by atoms with Crippen LogP contribution >= 0.6 is 0 Å². The zero-order chi connectivity index (χ0) is 20.5. The lowest BCUT2D eigenvalue weighted by Crippen LogP contribution is -2.51. The molecule has 0 unspecified atom stereocenters. The number of benzene rings is 1. The molecule has 10 nitrogen and oxygen atoms in total. The van der Waals surface area contributed by atoms with Gasteiger partial charge in [0.2, 0.25) is 5.91 Å². The number of primary amides is 1. The van der Waals surface area contributed by atoms with Gasteiger partial charge in [0.25, 0.3) is 0 Å². The summed E-state index contributed by atoms with van der Waals surface area (Å²) >= 11 is 0. The molecule has 3 heterocycles. The molecule has 2 saturated heterocycles. The molecule has 1 aromatic rings. The number of carbonyl (C=O) groups is 2. The molecule has 0 saturated carbocycles. The molecule has 3 aliphatic heterocycles. The van der Waals surface area contributed by atoms with Crippen molar-refractivity contribution in [1.29, 1.82) is 0 Å². The average molecular weight is 388 g/mol. The van der Waals surface area contributed by atoms with Crippen LogP contribution in [0, 0.1) is 6.92 Å². The summed E-state index contributed by atoms with van der Waals surface area (Å²) in [5.41, 5.74) is 10.7. The summed E-state index contributed by atoms with van der Waals surface area (Å²) < 4.78 is 10.7. The van der Waals surface area contributed by atoms with Gasteiger partial charge in [0, 0.05) is 19.2 Å². The molecule has 148 valence electrons. The van der Waals surface area contributed by atoms with Crippen LogP contribution in [-0.4, -0.2) is 58.6 Å². The molecular formula is C18H20N4O6. The third kappa shape index (κ3) is 1.89. The zero-order valence-electron chi connectivity index (χ0n) is 15.3. The van der Waals surface area contributed by atoms with Crippen LogP contribution in [0.2, 0.25) is 0 Å². The fourth-order valence-corrected chi connectivity index (χ4v) is 4.51. The predicted octanol–water partition coefficient (Wildman–Crippen LogP) is 0.366. The predicted molar refractivity (Wildman–Crippen MR) is 99.3 cm³/mol. The lowest BCUT2D eigenvalue weighted by atomic mass is 9.94. The van der Waals surface area contributed by atoms with Crippen molar-refractivity contribution in [3.8, 4) is 11.5 Å². The van der Waals surface area contributed by atoms with Crippen LogP contribution in [0.4, 0.5) is 16.2 Å². The SMILES string of the molecule is C=CC(=O)N1[C@H]2[C@@H]1CN1c3c(O)c(C)c(N)c(O)c3C(=COC(N)=O)[C@@]21OC. The van der Waals surface area contributed by atoms with Crippen LogP contribution < -0.4 is 16.4 Å². The van der Waals surface area contributed by atoms with E-state index >= 15 is 0 Å². The van der Waals surface area contributed by atoms with Crippen molar-refractivity contribution in [2.45, 2.75) is 24.7 Å². The number of phenols is 2. The van der Waals surface area contributed by atoms with Crippen LogP contribution in [-0.2, 0) is 14.3 Å². The van der Waals surface area contributed by atoms with Crippen molar-refractivity contribution >= 4 is 28.9 Å². The van der Waals surface area contributed by atoms with Gasteiger partial charge >= 0.3 is 6.09 Å². The molecule has 4 rings (SSSR count). The number of nitrogen functional groups attached to an aromatic ring is 1. The Morgan fingerprint density at radius 1 is 1.36 bits per heavy atom. The molecule has 0 aliphatic carbocycles. The molecule has 0 bridgehead atoms. The summed E-state index contributed by atoms with van der Waals surface area (Å²) in [6.45, 7) is 5.41. The van der Waals surface area contributed by atoms with E-state index in [1.54, 1.807) is 16.7 Å². The number of carbonyl (C=O) groups excluding carboxylic acids is 2. The Morgan fingerprint density at radius 3 is 2.61 bits per heavy atom. The van der Waals surface area contributed by atoms with E-state index in [0.717, 1.165) is 6.26 Å². The van der Waals surface area contributed by atoms with Gasteiger partial charge in [-0.05, 0) is 13.0 Å². The van der Waals surface area contributed by atoms with Crippen molar-refractivity contribution in [2.24, 2.45) is 5.73 Å². The topological polar surface area (TPSA) is 151 Å². The first-order chi connectivity index (χ1) is 13.2. The van der Waals surface area contributed by atoms with Crippen molar-refractivity contribution < 1.29 is 29.3 Å². The van der Waals surface area contributed by atoms with Crippen molar-refractivity contribution in [1.82, 2.24) is 4.90 Å². The van der Waals surface area contributed by atoms with Gasteiger partial charge in [0.15, 0.2) is 5.72 Å². The van der Waals surface area contributed by atoms with Gasteiger partial charge in [-0.2, -0.15) is 0 Å². The van der Waals surface area contributed by atoms with Crippen molar-refractivity contribution in [3.05, 3.63) is 30.0 Å². The molecule has 10 heteroatoms. The Labute approximate surface area is 160 Å². The second kappa shape index (κ2) is 5.55. The molecule has 0 radical (unpaired) electrons. The summed E-state index contributed by atoms with van der Waals surface area (Å²) in [5, 5.41) is 21.5. The van der Waals surface area contributed by atoms with E-state index in [0.29, 0.717) is 17.8 Å². The van der Waals surface area contributed by atoms with E-state index in [4.69, 9.17) is 20.9 Å². The summed E-state index contributed by atoms with van der Waals surface area (Å²) in [6, 6.07) is -0.645. The minimum absolute atomic E-state index is 0.0139. The van der Waals surface area contributed by atoms with E-state index < -0.39 is 17.9 Å². The maximum Gasteiger partial charge on any atom is 0.409 e. The Hall–Kier alpha value is -3.40. The molecule has 1 aromatic carbocycles. The number of fused-ring (bicyclic) bond motifs is 5. The largest absolute Gasteiger partial charge is 0.505 e. The minimum atomic E-state index is -1.30. The summed E-state index contributed by atoms with van der Waals surface area (Å²) in [5.74, 6) is -0.687. The number of rotatable bonds is 3. The first kappa shape index (κ1) is 18.0. The fourth-order valence-electron chi connectivity index (χ4n) is 4.51. The number of phenolic OH excluding ortho intramolecular Hbond substituents is 2. The second-order valence-corrected chi connectivity index (χ2v) is 6.90. The van der Waals surface area contributed by atoms with Gasteiger partial charge in [0.1, 0.15) is 23.8 Å². The highest BCUT2D eigenvalue weighted by Crippen LogP contribution is 2.65. The van der Waals surface area contributed by atoms with Gasteiger partial charge < -0.3 is 41.0 Å². The van der Waals surface area contributed by atoms with Crippen molar-refractivity contribution in [3.63, 3.8) is 0 Å². The van der Waals surface area contributed by atoms with Gasteiger partial charge in [-0.15, -0.1) is 0 Å². The highest BCUT2D eigenvalue weighted by molar-refractivity contribution is 6.02. The number of amides is 2. The Bertz CT molecular complexity index is 974. The number of methoxy groups -OCH3 is 1. The van der Waals surface area contributed by atoms with Crippen LogP contribution in [0.15, 0.2) is 18.9 Å². The number of aromatic hydroxyl groups is 2. The maximum atomic E-state index is 12.2. The van der Waals surface area contributed by atoms with Crippen LogP contribution in [0.25, 0.3) is 5.57 Å². The van der Waals surface area contributed by atoms with Crippen LogP contribution in [0.3, 0.4) is 0 Å². The summed E-state index contributed by atoms with van der Waals surface area (Å²) in [7, 11) is 1.43. The summed E-state index contributed by atoms with van der Waals surface area (Å²) in [4.78, 5) is 26.8. The third-order valence-electron chi connectivity index (χ3n) is 5.77. The summed E-state index contributed by atoms with van der Waals surface area (Å²) in [6.07, 6.45) is 1.21. The fraction of sp³-hybridized carbons (Fsp3) is 0.333. The zero-order valence-corrected chi connectivity index (χ0v) is 15.3. The average Bonchev–Trinajstić information content (AvgIpc) is 3.17. The number of hydrogen-bond donors (Lipinski definition) is 4. The highest BCUT2D eigenvalue weighted by atomic mass is 16.5. The van der Waals surface area contributed by atoms with Gasteiger partial charge in [0.05, 0.1) is 28.6 Å². The minimum Gasteiger partial charge on any atom is -0.505 e. The van der Waals surface area contributed by atoms with Gasteiger partial charge in [-0.3, -0.25) is 4.79 Å². The molecule has 2 fully saturated rings.